The molecule has 0 unspecified atom stereocenters. The van der Waals surface area contributed by atoms with Gasteiger partial charge in [0.15, 0.2) is 0 Å². The van der Waals surface area contributed by atoms with Crippen LogP contribution in [0.15, 0.2) is 16.0 Å². The summed E-state index contributed by atoms with van der Waals surface area (Å²) in [6.45, 7) is 4.09. The molecule has 1 aromatic heterocycles. The molecule has 1 heterocycles. The van der Waals surface area contributed by atoms with Crippen molar-refractivity contribution >= 4 is 25.8 Å². The highest BCUT2D eigenvalue weighted by Crippen LogP contribution is 2.15. The summed E-state index contributed by atoms with van der Waals surface area (Å²) in [5, 5.41) is 0.143. The van der Waals surface area contributed by atoms with E-state index in [1.165, 1.54) is 0 Å². The molecule has 0 aliphatic carbocycles. The summed E-state index contributed by atoms with van der Waals surface area (Å²) in [6, 6.07) is 0. The van der Waals surface area contributed by atoms with Gasteiger partial charge in [-0.1, -0.05) is 6.92 Å². The molecule has 0 amide bonds. The van der Waals surface area contributed by atoms with Crippen LogP contribution in [0.3, 0.4) is 0 Å². The van der Waals surface area contributed by atoms with Gasteiger partial charge < -0.3 is 4.57 Å². The fraction of sp³-hybridized carbons (Fsp3) is 0.571. The smallest absolute Gasteiger partial charge is 0.228 e. The third-order valence-electron chi connectivity index (χ3n) is 1.71. The largest absolute Gasteiger partial charge is 0.321 e. The lowest BCUT2D eigenvalue weighted by molar-refractivity contribution is 0.570. The Morgan fingerprint density at radius 2 is 2.15 bits per heavy atom. The predicted molar refractivity (Wildman–Crippen MR) is 53.3 cm³/mol. The van der Waals surface area contributed by atoms with Gasteiger partial charge in [-0.05, 0) is 22.9 Å². The van der Waals surface area contributed by atoms with Gasteiger partial charge in [0, 0.05) is 12.7 Å². The highest BCUT2D eigenvalue weighted by atomic mass is 79.9. The van der Waals surface area contributed by atoms with Crippen molar-refractivity contribution in [2.45, 2.75) is 25.5 Å². The molecule has 6 heteroatoms. The molecule has 4 nitrogen and oxygen atoms in total. The number of imidazole rings is 1. The fourth-order valence-electron chi connectivity index (χ4n) is 0.972. The Morgan fingerprint density at radius 3 is 2.62 bits per heavy atom. The number of aryl methyl sites for hydroxylation is 1. The van der Waals surface area contributed by atoms with Crippen LogP contribution in [0.1, 0.15) is 13.8 Å². The minimum absolute atomic E-state index is 0.0798. The van der Waals surface area contributed by atoms with Gasteiger partial charge >= 0.3 is 0 Å². The van der Waals surface area contributed by atoms with Crippen LogP contribution in [0.4, 0.5) is 0 Å². The van der Waals surface area contributed by atoms with Crippen LogP contribution in [-0.2, 0) is 16.4 Å². The fourth-order valence-corrected chi connectivity index (χ4v) is 2.54. The SMILES string of the molecule is CCn1cc(Br)nc1S(=O)(=O)CC. The lowest BCUT2D eigenvalue weighted by Crippen LogP contribution is -2.11. The van der Waals surface area contributed by atoms with Crippen molar-refractivity contribution in [3.63, 3.8) is 0 Å². The van der Waals surface area contributed by atoms with Gasteiger partial charge in [0.25, 0.3) is 0 Å². The van der Waals surface area contributed by atoms with E-state index in [1.54, 1.807) is 17.7 Å². The zero-order chi connectivity index (χ0) is 10.1. The zero-order valence-corrected chi connectivity index (χ0v) is 9.89. The second kappa shape index (κ2) is 3.79. The Hall–Kier alpha value is -0.360. The van der Waals surface area contributed by atoms with E-state index in [9.17, 15) is 8.42 Å². The van der Waals surface area contributed by atoms with E-state index in [4.69, 9.17) is 0 Å². The van der Waals surface area contributed by atoms with Crippen molar-refractivity contribution in [3.8, 4) is 0 Å². The molecule has 74 valence electrons. The van der Waals surface area contributed by atoms with Gasteiger partial charge in [-0.15, -0.1) is 0 Å². The highest BCUT2D eigenvalue weighted by molar-refractivity contribution is 9.10. The standard InChI is InChI=1S/C7H11BrN2O2S/c1-3-10-5-6(8)9-7(10)13(11,12)4-2/h5H,3-4H2,1-2H3. The molecule has 1 aromatic rings. The Bertz CT molecular complexity index is 397. The Morgan fingerprint density at radius 1 is 1.54 bits per heavy atom. The van der Waals surface area contributed by atoms with E-state index < -0.39 is 9.84 Å². The second-order valence-electron chi connectivity index (χ2n) is 2.54. The van der Waals surface area contributed by atoms with Gasteiger partial charge in [0.05, 0.1) is 5.75 Å². The molecule has 0 aliphatic heterocycles. The molecule has 0 N–H and O–H groups in total. The molecule has 1 rings (SSSR count). The average molecular weight is 267 g/mol. The third-order valence-corrected chi connectivity index (χ3v) is 3.73. The van der Waals surface area contributed by atoms with E-state index >= 15 is 0 Å². The van der Waals surface area contributed by atoms with Gasteiger partial charge in [0.2, 0.25) is 15.0 Å². The minimum atomic E-state index is -3.20. The number of halogens is 1. The molecule has 0 saturated carbocycles. The monoisotopic (exact) mass is 266 g/mol. The number of nitrogens with zero attached hydrogens (tertiary/aromatic N) is 2. The molecule has 13 heavy (non-hydrogen) atoms. The second-order valence-corrected chi connectivity index (χ2v) is 5.52. The van der Waals surface area contributed by atoms with Crippen LogP contribution in [0, 0.1) is 0 Å². The first-order valence-electron chi connectivity index (χ1n) is 3.96. The van der Waals surface area contributed by atoms with E-state index in [0.717, 1.165) is 0 Å². The van der Waals surface area contributed by atoms with Crippen molar-refractivity contribution in [3.05, 3.63) is 10.8 Å². The van der Waals surface area contributed by atoms with E-state index in [1.807, 2.05) is 6.92 Å². The van der Waals surface area contributed by atoms with E-state index in [0.29, 0.717) is 11.1 Å². The first kappa shape index (κ1) is 10.7. The number of hydrogen-bond acceptors (Lipinski definition) is 3. The third kappa shape index (κ3) is 2.11. The minimum Gasteiger partial charge on any atom is -0.321 e. The summed E-state index contributed by atoms with van der Waals surface area (Å²) in [6.07, 6.45) is 1.67. The van der Waals surface area contributed by atoms with Gasteiger partial charge in [-0.3, -0.25) is 0 Å². The summed E-state index contributed by atoms with van der Waals surface area (Å²) >= 11 is 3.15. The maximum Gasteiger partial charge on any atom is 0.228 e. The van der Waals surface area contributed by atoms with Gasteiger partial charge in [0.1, 0.15) is 4.60 Å². The van der Waals surface area contributed by atoms with Crippen LogP contribution in [0.2, 0.25) is 0 Å². The van der Waals surface area contributed by atoms with Crippen molar-refractivity contribution in [2.24, 2.45) is 0 Å². The van der Waals surface area contributed by atoms with Crippen LogP contribution in [0.5, 0.6) is 0 Å². The van der Waals surface area contributed by atoms with Crippen molar-refractivity contribution < 1.29 is 8.42 Å². The summed E-state index contributed by atoms with van der Waals surface area (Å²) in [7, 11) is -3.20. The van der Waals surface area contributed by atoms with Crippen molar-refractivity contribution in [1.29, 1.82) is 0 Å². The maximum atomic E-state index is 11.5. The van der Waals surface area contributed by atoms with E-state index in [-0.39, 0.29) is 10.9 Å². The lowest BCUT2D eigenvalue weighted by Gasteiger charge is -2.02. The number of sulfone groups is 1. The van der Waals surface area contributed by atoms with E-state index in [2.05, 4.69) is 20.9 Å². The molecule has 0 fully saturated rings. The number of hydrogen-bond donors (Lipinski definition) is 0. The van der Waals surface area contributed by atoms with Gasteiger partial charge in [-0.25, -0.2) is 13.4 Å². The van der Waals surface area contributed by atoms with Crippen LogP contribution in [-0.4, -0.2) is 23.7 Å². The zero-order valence-electron chi connectivity index (χ0n) is 7.49. The quantitative estimate of drug-likeness (QED) is 0.833. The molecule has 0 aromatic carbocycles. The van der Waals surface area contributed by atoms with Crippen LogP contribution >= 0.6 is 15.9 Å². The van der Waals surface area contributed by atoms with Crippen molar-refractivity contribution in [1.82, 2.24) is 9.55 Å². The molecule has 0 spiro atoms. The molecule has 0 saturated heterocycles. The number of rotatable bonds is 3. The summed E-state index contributed by atoms with van der Waals surface area (Å²) in [4.78, 5) is 3.92. The van der Waals surface area contributed by atoms with Gasteiger partial charge in [-0.2, -0.15) is 0 Å². The molecule has 0 aliphatic rings. The lowest BCUT2D eigenvalue weighted by atomic mass is 10.7. The Balaban J connectivity index is 3.29. The molecular formula is C7H11BrN2O2S. The summed E-state index contributed by atoms with van der Waals surface area (Å²) in [5.41, 5.74) is 0. The number of aromatic nitrogens is 2. The van der Waals surface area contributed by atoms with Crippen LogP contribution in [0.25, 0.3) is 0 Å². The Kier molecular flexibility index (Phi) is 3.13. The normalized spacial score (nSPS) is 11.9. The first-order valence-corrected chi connectivity index (χ1v) is 6.41. The van der Waals surface area contributed by atoms with Crippen molar-refractivity contribution in [2.75, 3.05) is 5.75 Å². The molecule has 0 bridgehead atoms. The molecule has 0 atom stereocenters. The first-order chi connectivity index (χ1) is 6.01. The summed E-state index contributed by atoms with van der Waals surface area (Å²) in [5.74, 6) is 0.0798. The topological polar surface area (TPSA) is 52.0 Å². The molecule has 0 radical (unpaired) electrons. The maximum absolute atomic E-state index is 11.5. The average Bonchev–Trinajstić information content (AvgIpc) is 2.47. The molecular weight excluding hydrogens is 256 g/mol. The summed E-state index contributed by atoms with van der Waals surface area (Å²) < 4.78 is 25.2. The highest BCUT2D eigenvalue weighted by Gasteiger charge is 2.18. The predicted octanol–water partition coefficient (Wildman–Crippen LogP) is 1.46. The Labute approximate surface area is 86.0 Å². The van der Waals surface area contributed by atoms with Crippen LogP contribution < -0.4 is 0 Å².